The van der Waals surface area contributed by atoms with Gasteiger partial charge in [-0.25, -0.2) is 4.98 Å². The van der Waals surface area contributed by atoms with Crippen molar-refractivity contribution >= 4 is 17.7 Å². The van der Waals surface area contributed by atoms with Gasteiger partial charge < -0.3 is 27.1 Å². The van der Waals surface area contributed by atoms with Gasteiger partial charge in [-0.1, -0.05) is 60.7 Å². The van der Waals surface area contributed by atoms with Crippen molar-refractivity contribution in [3.8, 4) is 0 Å². The van der Waals surface area contributed by atoms with Crippen molar-refractivity contribution in [1.82, 2.24) is 20.6 Å². The third-order valence-corrected chi connectivity index (χ3v) is 5.19. The minimum atomic E-state index is -0.975. The first kappa shape index (κ1) is 23.7. The Hall–Kier alpha value is -3.98. The average molecular weight is 449 g/mol. The number of nitrogens with zero attached hydrogens (tertiary/aromatic N) is 1. The topological polar surface area (TPSA) is 156 Å². The molecule has 0 aliphatic heterocycles. The van der Waals surface area contributed by atoms with E-state index in [-0.39, 0.29) is 12.8 Å². The Labute approximate surface area is 192 Å². The molecule has 1 unspecified atom stereocenters. The van der Waals surface area contributed by atoms with Gasteiger partial charge in [0.1, 0.15) is 12.1 Å². The molecule has 9 heteroatoms. The number of rotatable bonds is 11. The van der Waals surface area contributed by atoms with Crippen molar-refractivity contribution in [3.05, 3.63) is 90.0 Å². The van der Waals surface area contributed by atoms with Crippen LogP contribution < -0.4 is 22.1 Å². The average Bonchev–Trinajstić information content (AvgIpc) is 3.32. The molecule has 0 saturated heterocycles. The van der Waals surface area contributed by atoms with Gasteiger partial charge in [0.2, 0.25) is 17.7 Å². The minimum absolute atomic E-state index is 0.145. The van der Waals surface area contributed by atoms with Crippen LogP contribution >= 0.6 is 0 Å². The summed E-state index contributed by atoms with van der Waals surface area (Å²) in [4.78, 5) is 44.7. The number of hydrogen-bond acceptors (Lipinski definition) is 5. The Morgan fingerprint density at radius 2 is 1.39 bits per heavy atom. The van der Waals surface area contributed by atoms with Gasteiger partial charge in [0.15, 0.2) is 0 Å². The lowest BCUT2D eigenvalue weighted by atomic mass is 10.0. The van der Waals surface area contributed by atoms with Crippen LogP contribution in [0.1, 0.15) is 16.8 Å². The molecule has 1 heterocycles. The molecule has 0 saturated carbocycles. The maximum absolute atomic E-state index is 13.1. The van der Waals surface area contributed by atoms with Crippen LogP contribution in [0.25, 0.3) is 0 Å². The largest absolute Gasteiger partial charge is 0.368 e. The van der Waals surface area contributed by atoms with Crippen LogP contribution in [0.4, 0.5) is 0 Å². The second-order valence-electron chi connectivity index (χ2n) is 7.79. The van der Waals surface area contributed by atoms with Crippen molar-refractivity contribution in [3.63, 3.8) is 0 Å². The van der Waals surface area contributed by atoms with Crippen LogP contribution in [-0.4, -0.2) is 45.8 Å². The Morgan fingerprint density at radius 1 is 0.818 bits per heavy atom. The van der Waals surface area contributed by atoms with Gasteiger partial charge in [-0.3, -0.25) is 14.4 Å². The predicted molar refractivity (Wildman–Crippen MR) is 124 cm³/mol. The highest BCUT2D eigenvalue weighted by molar-refractivity contribution is 5.93. The first-order valence-corrected chi connectivity index (χ1v) is 10.6. The van der Waals surface area contributed by atoms with Crippen LogP contribution in [0.5, 0.6) is 0 Å². The first-order valence-electron chi connectivity index (χ1n) is 10.6. The number of imidazole rings is 1. The van der Waals surface area contributed by atoms with E-state index in [0.717, 1.165) is 11.1 Å². The molecular formula is C24H28N6O3. The molecule has 3 rings (SSSR count). The summed E-state index contributed by atoms with van der Waals surface area (Å²) in [5, 5.41) is 5.38. The van der Waals surface area contributed by atoms with Gasteiger partial charge in [0.25, 0.3) is 0 Å². The Bertz CT molecular complexity index is 1040. The number of aromatic amines is 1. The number of aromatic nitrogens is 2. The molecule has 3 amide bonds. The number of carbonyl (C=O) groups excluding carboxylic acids is 3. The molecule has 1 aromatic heterocycles. The van der Waals surface area contributed by atoms with Gasteiger partial charge in [-0.05, 0) is 17.5 Å². The monoisotopic (exact) mass is 448 g/mol. The Balaban J connectivity index is 1.69. The molecule has 0 spiro atoms. The van der Waals surface area contributed by atoms with E-state index in [9.17, 15) is 14.4 Å². The molecule has 0 fully saturated rings. The highest BCUT2D eigenvalue weighted by atomic mass is 16.2. The molecule has 3 aromatic rings. The quantitative estimate of drug-likeness (QED) is 0.284. The van der Waals surface area contributed by atoms with E-state index >= 15 is 0 Å². The van der Waals surface area contributed by atoms with Crippen molar-refractivity contribution in [1.29, 1.82) is 0 Å². The molecule has 0 aliphatic rings. The zero-order chi connectivity index (χ0) is 23.6. The fourth-order valence-corrected chi connectivity index (χ4v) is 3.41. The lowest BCUT2D eigenvalue weighted by Crippen LogP contribution is -2.56. The number of amides is 3. The van der Waals surface area contributed by atoms with E-state index < -0.39 is 35.8 Å². The molecule has 172 valence electrons. The van der Waals surface area contributed by atoms with Crippen molar-refractivity contribution in [2.24, 2.45) is 11.5 Å². The summed E-state index contributed by atoms with van der Waals surface area (Å²) in [6.07, 6.45) is 3.75. The van der Waals surface area contributed by atoms with E-state index in [1.165, 1.54) is 6.33 Å². The second-order valence-corrected chi connectivity index (χ2v) is 7.79. The van der Waals surface area contributed by atoms with Crippen LogP contribution in [-0.2, 0) is 33.6 Å². The van der Waals surface area contributed by atoms with Crippen LogP contribution in [0.3, 0.4) is 0 Å². The molecule has 3 atom stereocenters. The second kappa shape index (κ2) is 11.6. The minimum Gasteiger partial charge on any atom is -0.368 e. The fourth-order valence-electron chi connectivity index (χ4n) is 3.41. The molecule has 9 nitrogen and oxygen atoms in total. The number of hydrogen-bond donors (Lipinski definition) is 5. The number of primary amides is 1. The maximum Gasteiger partial charge on any atom is 0.243 e. The summed E-state index contributed by atoms with van der Waals surface area (Å²) in [6, 6.07) is 15.8. The summed E-state index contributed by atoms with van der Waals surface area (Å²) >= 11 is 0. The number of benzene rings is 2. The zero-order valence-corrected chi connectivity index (χ0v) is 18.1. The smallest absolute Gasteiger partial charge is 0.243 e. The van der Waals surface area contributed by atoms with Gasteiger partial charge in [-0.2, -0.15) is 0 Å². The van der Waals surface area contributed by atoms with Crippen molar-refractivity contribution < 1.29 is 14.4 Å². The number of nitrogens with one attached hydrogen (secondary N) is 3. The highest BCUT2D eigenvalue weighted by Crippen LogP contribution is 2.06. The summed E-state index contributed by atoms with van der Waals surface area (Å²) in [5.41, 5.74) is 14.0. The molecule has 0 bridgehead atoms. The van der Waals surface area contributed by atoms with Crippen LogP contribution in [0, 0.1) is 0 Å². The van der Waals surface area contributed by atoms with Gasteiger partial charge in [0.05, 0.1) is 12.4 Å². The highest BCUT2D eigenvalue weighted by Gasteiger charge is 2.28. The summed E-state index contributed by atoms with van der Waals surface area (Å²) in [6.45, 7) is 0. The normalized spacial score (nSPS) is 13.5. The summed E-state index contributed by atoms with van der Waals surface area (Å²) in [7, 11) is 0. The molecule has 33 heavy (non-hydrogen) atoms. The Kier molecular flexibility index (Phi) is 8.31. The van der Waals surface area contributed by atoms with Crippen LogP contribution in [0.15, 0.2) is 73.2 Å². The maximum atomic E-state index is 13.1. The molecule has 0 radical (unpaired) electrons. The molecule has 0 aliphatic carbocycles. The third-order valence-electron chi connectivity index (χ3n) is 5.19. The van der Waals surface area contributed by atoms with Gasteiger partial charge in [0, 0.05) is 24.7 Å². The number of H-pyrrole nitrogens is 1. The van der Waals surface area contributed by atoms with E-state index in [1.54, 1.807) is 6.20 Å². The van der Waals surface area contributed by atoms with E-state index in [1.807, 2.05) is 60.7 Å². The van der Waals surface area contributed by atoms with E-state index in [4.69, 9.17) is 11.5 Å². The summed E-state index contributed by atoms with van der Waals surface area (Å²) in [5.74, 6) is -1.68. The SMILES string of the molecule is NC(=O)C(Cc1ccccc1)NC(=O)[C@H](Cc1cnc[nH]1)NC(=O)[C@@H](N)Cc1ccccc1. The number of nitrogens with two attached hydrogens (primary N) is 2. The van der Waals surface area contributed by atoms with E-state index in [0.29, 0.717) is 12.1 Å². The predicted octanol–water partition coefficient (Wildman–Crippen LogP) is 0.220. The Morgan fingerprint density at radius 3 is 1.94 bits per heavy atom. The van der Waals surface area contributed by atoms with Crippen molar-refractivity contribution in [2.75, 3.05) is 0 Å². The first-order chi connectivity index (χ1) is 15.9. The summed E-state index contributed by atoms with van der Waals surface area (Å²) < 4.78 is 0. The third kappa shape index (κ3) is 7.29. The molecule has 7 N–H and O–H groups in total. The van der Waals surface area contributed by atoms with Gasteiger partial charge in [-0.15, -0.1) is 0 Å². The zero-order valence-electron chi connectivity index (χ0n) is 18.1. The number of carbonyl (C=O) groups is 3. The lowest BCUT2D eigenvalue weighted by Gasteiger charge is -2.23. The lowest BCUT2D eigenvalue weighted by molar-refractivity contribution is -0.131. The van der Waals surface area contributed by atoms with Crippen LogP contribution in [0.2, 0.25) is 0 Å². The fraction of sp³-hybridized carbons (Fsp3) is 0.250. The van der Waals surface area contributed by atoms with Crippen molar-refractivity contribution in [2.45, 2.75) is 37.4 Å². The molecule has 2 aromatic carbocycles. The standard InChI is InChI=1S/C24H28N6O3/c25-19(11-16-7-3-1-4-8-16)23(32)30-21(13-18-14-27-15-28-18)24(33)29-20(22(26)31)12-17-9-5-2-6-10-17/h1-10,14-15,19-21H,11-13,25H2,(H2,26,31)(H,27,28)(H,29,33)(H,30,32)/t19-,20?,21-/m0/s1. The van der Waals surface area contributed by atoms with Gasteiger partial charge >= 0.3 is 0 Å². The van der Waals surface area contributed by atoms with E-state index in [2.05, 4.69) is 20.6 Å². The molecular weight excluding hydrogens is 420 g/mol.